The van der Waals surface area contributed by atoms with E-state index < -0.39 is 0 Å². The Bertz CT molecular complexity index is 270. The van der Waals surface area contributed by atoms with Crippen LogP contribution in [0.4, 0.5) is 0 Å². The maximum absolute atomic E-state index is 12.2. The maximum atomic E-state index is 12.2. The van der Waals surface area contributed by atoms with E-state index >= 15 is 0 Å². The number of rotatable bonds is 1. The van der Waals surface area contributed by atoms with Gasteiger partial charge in [-0.3, -0.25) is 9.69 Å². The normalized spacial score (nSPS) is 41.0. The van der Waals surface area contributed by atoms with Gasteiger partial charge < -0.3 is 0 Å². The molecule has 1 heterocycles. The summed E-state index contributed by atoms with van der Waals surface area (Å²) in [6, 6.07) is 0.615. The van der Waals surface area contributed by atoms with Crippen LogP contribution in [0, 0.1) is 11.8 Å². The minimum Gasteiger partial charge on any atom is -0.300 e. The number of hydrogen-bond acceptors (Lipinski definition) is 2. The van der Waals surface area contributed by atoms with Crippen LogP contribution in [0.2, 0.25) is 0 Å². The number of likely N-dealkylation sites (tertiary alicyclic amines) is 1. The third-order valence-corrected chi connectivity index (χ3v) is 4.97. The van der Waals surface area contributed by atoms with E-state index in [0.717, 1.165) is 0 Å². The minimum atomic E-state index is 0.408. The molecule has 3 aliphatic rings. The van der Waals surface area contributed by atoms with Gasteiger partial charge in [0, 0.05) is 17.9 Å². The molecule has 0 unspecified atom stereocenters. The van der Waals surface area contributed by atoms with E-state index in [1.165, 1.54) is 64.5 Å². The predicted octanol–water partition coefficient (Wildman–Crippen LogP) is 2.62. The van der Waals surface area contributed by atoms with Crippen molar-refractivity contribution in [1.82, 2.24) is 4.90 Å². The number of fused-ring (bicyclic) bond motifs is 2. The number of hydrogen-bond donors (Lipinski definition) is 0. The molecule has 3 rings (SSSR count). The molecule has 90 valence electrons. The maximum Gasteiger partial charge on any atom is 0.140 e. The lowest BCUT2D eigenvalue weighted by atomic mass is 9.68. The molecule has 2 bridgehead atoms. The second kappa shape index (κ2) is 4.48. The van der Waals surface area contributed by atoms with Gasteiger partial charge in [-0.25, -0.2) is 0 Å². The van der Waals surface area contributed by atoms with Gasteiger partial charge >= 0.3 is 0 Å². The first-order valence-corrected chi connectivity index (χ1v) is 7.14. The molecule has 0 aromatic heterocycles. The van der Waals surface area contributed by atoms with Crippen molar-refractivity contribution in [2.45, 2.75) is 57.4 Å². The van der Waals surface area contributed by atoms with Gasteiger partial charge in [0.2, 0.25) is 0 Å². The Hall–Kier alpha value is -0.370. The quantitative estimate of drug-likeness (QED) is 0.678. The van der Waals surface area contributed by atoms with Crippen LogP contribution in [0.1, 0.15) is 51.4 Å². The first-order valence-electron chi connectivity index (χ1n) is 7.14. The van der Waals surface area contributed by atoms with E-state index in [1.54, 1.807) is 0 Å². The van der Waals surface area contributed by atoms with E-state index in [2.05, 4.69) is 4.90 Å². The lowest BCUT2D eigenvalue weighted by molar-refractivity contribution is -0.136. The first kappa shape index (κ1) is 10.8. The summed E-state index contributed by atoms with van der Waals surface area (Å²) in [4.78, 5) is 14.9. The smallest absolute Gasteiger partial charge is 0.140 e. The summed E-state index contributed by atoms with van der Waals surface area (Å²) in [6.45, 7) is 2.50. The lowest BCUT2D eigenvalue weighted by Gasteiger charge is -2.45. The number of carbonyl (C=O) groups excluding carboxylic acids is 1. The van der Waals surface area contributed by atoms with Gasteiger partial charge in [0.25, 0.3) is 0 Å². The highest BCUT2D eigenvalue weighted by molar-refractivity contribution is 5.85. The van der Waals surface area contributed by atoms with Crippen LogP contribution in [-0.4, -0.2) is 29.8 Å². The Balaban J connectivity index is 1.72. The second-order valence-electron chi connectivity index (χ2n) is 5.88. The molecule has 1 aliphatic heterocycles. The van der Waals surface area contributed by atoms with Gasteiger partial charge in [0.15, 0.2) is 0 Å². The molecule has 0 N–H and O–H groups in total. The highest BCUT2D eigenvalue weighted by atomic mass is 16.1. The Morgan fingerprint density at radius 1 is 0.875 bits per heavy atom. The third kappa shape index (κ3) is 1.81. The summed E-state index contributed by atoms with van der Waals surface area (Å²) in [7, 11) is 0. The number of ketones is 1. The Kier molecular flexibility index (Phi) is 3.01. The molecule has 2 heteroatoms. The van der Waals surface area contributed by atoms with E-state index in [4.69, 9.17) is 0 Å². The summed E-state index contributed by atoms with van der Waals surface area (Å²) in [5.41, 5.74) is 0. The Labute approximate surface area is 98.4 Å². The average molecular weight is 221 g/mol. The number of carbonyl (C=O) groups is 1. The van der Waals surface area contributed by atoms with Crippen LogP contribution in [0.15, 0.2) is 0 Å². The van der Waals surface area contributed by atoms with Crippen LogP contribution in [0.5, 0.6) is 0 Å². The topological polar surface area (TPSA) is 20.3 Å². The van der Waals surface area contributed by atoms with Crippen LogP contribution < -0.4 is 0 Å². The summed E-state index contributed by atoms with van der Waals surface area (Å²) in [5.74, 6) is 1.47. The van der Waals surface area contributed by atoms with Crippen molar-refractivity contribution >= 4 is 5.78 Å². The molecule has 2 aliphatic carbocycles. The molecule has 2 nitrogen and oxygen atoms in total. The van der Waals surface area contributed by atoms with Crippen molar-refractivity contribution in [2.75, 3.05) is 13.1 Å². The average Bonchev–Trinajstić information content (AvgIpc) is 2.30. The molecule has 3 atom stereocenters. The minimum absolute atomic E-state index is 0.408. The zero-order chi connectivity index (χ0) is 11.0. The molecule has 16 heavy (non-hydrogen) atoms. The van der Waals surface area contributed by atoms with E-state index in [9.17, 15) is 4.79 Å². The Morgan fingerprint density at radius 2 is 1.69 bits per heavy atom. The fraction of sp³-hybridized carbons (Fsp3) is 0.929. The van der Waals surface area contributed by atoms with Crippen molar-refractivity contribution in [3.05, 3.63) is 0 Å². The Morgan fingerprint density at radius 3 is 2.50 bits per heavy atom. The highest BCUT2D eigenvalue weighted by Gasteiger charge is 2.42. The third-order valence-electron chi connectivity index (χ3n) is 4.97. The van der Waals surface area contributed by atoms with Crippen molar-refractivity contribution < 1.29 is 4.79 Å². The molecule has 2 saturated carbocycles. The van der Waals surface area contributed by atoms with Gasteiger partial charge in [-0.05, 0) is 51.6 Å². The van der Waals surface area contributed by atoms with Crippen LogP contribution in [-0.2, 0) is 4.79 Å². The van der Waals surface area contributed by atoms with Crippen LogP contribution in [0.25, 0.3) is 0 Å². The SMILES string of the molecule is O=C1[C@H]2CCC[C@H]1[C@H](N1CCCCC1)CC2. The first-order chi connectivity index (χ1) is 7.86. The van der Waals surface area contributed by atoms with E-state index in [0.29, 0.717) is 23.7 Å². The van der Waals surface area contributed by atoms with Crippen LogP contribution >= 0.6 is 0 Å². The lowest BCUT2D eigenvalue weighted by Crippen LogP contribution is -2.51. The molecule has 0 spiro atoms. The predicted molar refractivity (Wildman–Crippen MR) is 64.3 cm³/mol. The van der Waals surface area contributed by atoms with Crippen molar-refractivity contribution in [3.63, 3.8) is 0 Å². The largest absolute Gasteiger partial charge is 0.300 e. The zero-order valence-electron chi connectivity index (χ0n) is 10.2. The number of nitrogens with zero attached hydrogens (tertiary/aromatic N) is 1. The zero-order valence-corrected chi connectivity index (χ0v) is 10.2. The van der Waals surface area contributed by atoms with Crippen molar-refractivity contribution in [3.8, 4) is 0 Å². The standard InChI is InChI=1S/C14H23NO/c16-14-11-5-4-6-12(14)13(8-7-11)15-9-2-1-3-10-15/h11-13H,1-10H2/t11-,12-,13+/m0/s1. The molecule has 0 radical (unpaired) electrons. The fourth-order valence-electron chi connectivity index (χ4n) is 4.10. The monoisotopic (exact) mass is 221 g/mol. The molecule has 1 saturated heterocycles. The highest BCUT2D eigenvalue weighted by Crippen LogP contribution is 2.39. The molecular formula is C14H23NO. The van der Waals surface area contributed by atoms with E-state index in [1.807, 2.05) is 0 Å². The second-order valence-corrected chi connectivity index (χ2v) is 5.88. The number of Topliss-reactive ketones (excluding diaryl/α,β-unsaturated/α-hetero) is 1. The summed E-state index contributed by atoms with van der Waals surface area (Å²) in [6.07, 6.45) is 10.2. The van der Waals surface area contributed by atoms with Gasteiger partial charge in [-0.15, -0.1) is 0 Å². The summed E-state index contributed by atoms with van der Waals surface area (Å²) < 4.78 is 0. The van der Waals surface area contributed by atoms with Crippen molar-refractivity contribution in [1.29, 1.82) is 0 Å². The molecule has 0 aromatic carbocycles. The molecule has 3 fully saturated rings. The van der Waals surface area contributed by atoms with Gasteiger partial charge in [0.1, 0.15) is 5.78 Å². The van der Waals surface area contributed by atoms with Gasteiger partial charge in [-0.1, -0.05) is 12.8 Å². The molecular weight excluding hydrogens is 198 g/mol. The van der Waals surface area contributed by atoms with Crippen LogP contribution in [0.3, 0.4) is 0 Å². The summed E-state index contributed by atoms with van der Waals surface area (Å²) in [5, 5.41) is 0. The van der Waals surface area contributed by atoms with E-state index in [-0.39, 0.29) is 0 Å². The number of piperidine rings is 1. The van der Waals surface area contributed by atoms with Crippen molar-refractivity contribution in [2.24, 2.45) is 11.8 Å². The summed E-state index contributed by atoms with van der Waals surface area (Å²) >= 11 is 0. The van der Waals surface area contributed by atoms with Gasteiger partial charge in [0.05, 0.1) is 0 Å². The molecule has 0 amide bonds. The molecule has 0 aromatic rings. The fourth-order valence-corrected chi connectivity index (χ4v) is 4.10. The van der Waals surface area contributed by atoms with Gasteiger partial charge in [-0.2, -0.15) is 0 Å².